The summed E-state index contributed by atoms with van der Waals surface area (Å²) in [5, 5.41) is 0. The number of hydrogen-bond acceptors (Lipinski definition) is 5. The van der Waals surface area contributed by atoms with Crippen molar-refractivity contribution in [2.24, 2.45) is 0 Å². The zero-order chi connectivity index (χ0) is 16.4. The van der Waals surface area contributed by atoms with Crippen molar-refractivity contribution in [3.63, 3.8) is 0 Å². The van der Waals surface area contributed by atoms with E-state index in [2.05, 4.69) is 10.9 Å². The molecule has 0 aromatic heterocycles. The molecule has 0 bridgehead atoms. The molecule has 0 saturated carbocycles. The molecule has 0 aliphatic carbocycles. The van der Waals surface area contributed by atoms with Crippen molar-refractivity contribution in [1.29, 1.82) is 0 Å². The predicted octanol–water partition coefficient (Wildman–Crippen LogP) is 0.809. The van der Waals surface area contributed by atoms with Crippen LogP contribution in [0.5, 0.6) is 5.75 Å². The quantitative estimate of drug-likeness (QED) is 0.461. The standard InChI is InChI=1S/C15H18N2O5/c1-3-21-13-7-4-12(5-8-13)6-9-15(20)22-10-14(19)17-16-11(2)18/h4-9H,3,10H2,1-2H3,(H,16,18)(H,17,19)/b9-6+. The minimum absolute atomic E-state index is 0.421. The largest absolute Gasteiger partial charge is 0.494 e. The van der Waals surface area contributed by atoms with Crippen molar-refractivity contribution in [2.75, 3.05) is 13.2 Å². The number of carbonyl (C=O) groups is 3. The van der Waals surface area contributed by atoms with E-state index in [1.54, 1.807) is 30.3 Å². The van der Waals surface area contributed by atoms with E-state index in [1.165, 1.54) is 13.0 Å². The highest BCUT2D eigenvalue weighted by molar-refractivity contribution is 5.89. The Labute approximate surface area is 128 Å². The van der Waals surface area contributed by atoms with Gasteiger partial charge in [0.05, 0.1) is 6.61 Å². The normalized spacial score (nSPS) is 10.1. The average Bonchev–Trinajstić information content (AvgIpc) is 2.50. The zero-order valence-corrected chi connectivity index (χ0v) is 12.4. The van der Waals surface area contributed by atoms with Crippen LogP contribution in [0.15, 0.2) is 30.3 Å². The van der Waals surface area contributed by atoms with E-state index >= 15 is 0 Å². The van der Waals surface area contributed by atoms with Gasteiger partial charge in [0.25, 0.3) is 5.91 Å². The molecule has 0 spiro atoms. The fraction of sp³-hybridized carbons (Fsp3) is 0.267. The van der Waals surface area contributed by atoms with Gasteiger partial charge in [-0.25, -0.2) is 4.79 Å². The van der Waals surface area contributed by atoms with Crippen LogP contribution in [-0.4, -0.2) is 31.0 Å². The van der Waals surface area contributed by atoms with Crippen LogP contribution in [0.2, 0.25) is 0 Å². The summed E-state index contributed by atoms with van der Waals surface area (Å²) in [5.74, 6) is -0.961. The third kappa shape index (κ3) is 7.09. The van der Waals surface area contributed by atoms with Gasteiger partial charge in [-0.05, 0) is 30.7 Å². The third-order valence-electron chi connectivity index (χ3n) is 2.33. The molecule has 0 aliphatic heterocycles. The van der Waals surface area contributed by atoms with E-state index in [1.807, 2.05) is 6.92 Å². The van der Waals surface area contributed by atoms with E-state index in [0.717, 1.165) is 11.3 Å². The highest BCUT2D eigenvalue weighted by Crippen LogP contribution is 2.12. The number of hydrazine groups is 1. The van der Waals surface area contributed by atoms with E-state index in [0.29, 0.717) is 6.61 Å². The molecule has 0 atom stereocenters. The first-order chi connectivity index (χ1) is 10.5. The Morgan fingerprint density at radius 1 is 1.14 bits per heavy atom. The highest BCUT2D eigenvalue weighted by Gasteiger charge is 2.04. The van der Waals surface area contributed by atoms with Crippen LogP contribution in [0.3, 0.4) is 0 Å². The topological polar surface area (TPSA) is 93.7 Å². The molecule has 1 aromatic carbocycles. The maximum Gasteiger partial charge on any atom is 0.331 e. The van der Waals surface area contributed by atoms with E-state index in [-0.39, 0.29) is 0 Å². The van der Waals surface area contributed by atoms with Gasteiger partial charge in [-0.1, -0.05) is 12.1 Å². The van der Waals surface area contributed by atoms with Crippen LogP contribution in [0.1, 0.15) is 19.4 Å². The van der Waals surface area contributed by atoms with Crippen LogP contribution in [0, 0.1) is 0 Å². The molecule has 7 nitrogen and oxygen atoms in total. The number of ether oxygens (including phenoxy) is 2. The van der Waals surface area contributed by atoms with Crippen molar-refractivity contribution in [2.45, 2.75) is 13.8 Å². The lowest BCUT2D eigenvalue weighted by Crippen LogP contribution is -2.42. The number of benzene rings is 1. The van der Waals surface area contributed by atoms with Gasteiger partial charge in [0, 0.05) is 13.0 Å². The summed E-state index contributed by atoms with van der Waals surface area (Å²) in [6, 6.07) is 7.15. The maximum absolute atomic E-state index is 11.4. The van der Waals surface area contributed by atoms with Crippen molar-refractivity contribution in [3.8, 4) is 5.75 Å². The molecule has 0 unspecified atom stereocenters. The Morgan fingerprint density at radius 3 is 2.41 bits per heavy atom. The van der Waals surface area contributed by atoms with E-state index < -0.39 is 24.4 Å². The molecular weight excluding hydrogens is 288 g/mol. The van der Waals surface area contributed by atoms with Crippen molar-refractivity contribution >= 4 is 23.9 Å². The SMILES string of the molecule is CCOc1ccc(/C=C/C(=O)OCC(=O)NNC(C)=O)cc1. The smallest absolute Gasteiger partial charge is 0.331 e. The minimum atomic E-state index is -0.660. The summed E-state index contributed by atoms with van der Waals surface area (Å²) in [5.41, 5.74) is 4.95. The molecule has 0 aliphatic rings. The lowest BCUT2D eigenvalue weighted by Gasteiger charge is -2.04. The second-order valence-electron chi connectivity index (χ2n) is 4.17. The van der Waals surface area contributed by atoms with Gasteiger partial charge in [0.1, 0.15) is 5.75 Å². The Bertz CT molecular complexity index is 552. The van der Waals surface area contributed by atoms with E-state index in [9.17, 15) is 14.4 Å². The fourth-order valence-electron chi connectivity index (χ4n) is 1.38. The number of nitrogens with one attached hydrogen (secondary N) is 2. The highest BCUT2D eigenvalue weighted by atomic mass is 16.5. The number of esters is 1. The molecule has 2 N–H and O–H groups in total. The predicted molar refractivity (Wildman–Crippen MR) is 79.6 cm³/mol. The van der Waals surface area contributed by atoms with Gasteiger partial charge >= 0.3 is 5.97 Å². The fourth-order valence-corrected chi connectivity index (χ4v) is 1.38. The van der Waals surface area contributed by atoms with Gasteiger partial charge in [-0.2, -0.15) is 0 Å². The first-order valence-corrected chi connectivity index (χ1v) is 6.64. The molecular formula is C15H18N2O5. The Morgan fingerprint density at radius 2 is 1.82 bits per heavy atom. The van der Waals surface area contributed by atoms with Crippen molar-refractivity contribution in [1.82, 2.24) is 10.9 Å². The molecule has 1 aromatic rings. The average molecular weight is 306 g/mol. The maximum atomic E-state index is 11.4. The van der Waals surface area contributed by atoms with Gasteiger partial charge in [0.15, 0.2) is 6.61 Å². The summed E-state index contributed by atoms with van der Waals surface area (Å²) in [7, 11) is 0. The van der Waals surface area contributed by atoms with Gasteiger partial charge in [-0.3, -0.25) is 20.4 Å². The summed E-state index contributed by atoms with van der Waals surface area (Å²) < 4.78 is 10.0. The lowest BCUT2D eigenvalue weighted by atomic mass is 10.2. The van der Waals surface area contributed by atoms with Gasteiger partial charge in [-0.15, -0.1) is 0 Å². The molecule has 0 saturated heterocycles. The first kappa shape index (κ1) is 17.2. The third-order valence-corrected chi connectivity index (χ3v) is 2.33. The molecule has 1 rings (SSSR count). The van der Waals surface area contributed by atoms with Crippen LogP contribution in [0.25, 0.3) is 6.08 Å². The van der Waals surface area contributed by atoms with Gasteiger partial charge < -0.3 is 9.47 Å². The summed E-state index contributed by atoms with van der Waals surface area (Å²) in [6.45, 7) is 3.24. The van der Waals surface area contributed by atoms with Crippen molar-refractivity contribution in [3.05, 3.63) is 35.9 Å². The summed E-state index contributed by atoms with van der Waals surface area (Å²) >= 11 is 0. The number of hydrogen-bond donors (Lipinski definition) is 2. The van der Waals surface area contributed by atoms with Crippen LogP contribution in [-0.2, 0) is 19.1 Å². The second-order valence-corrected chi connectivity index (χ2v) is 4.17. The molecule has 118 valence electrons. The van der Waals surface area contributed by atoms with Crippen LogP contribution >= 0.6 is 0 Å². The van der Waals surface area contributed by atoms with Crippen LogP contribution < -0.4 is 15.6 Å². The van der Waals surface area contributed by atoms with Gasteiger partial charge in [0.2, 0.25) is 5.91 Å². The Kier molecular flexibility index (Phi) is 7.18. The molecule has 2 amide bonds. The summed E-state index contributed by atoms with van der Waals surface area (Å²) in [4.78, 5) is 33.2. The molecule has 0 heterocycles. The second kappa shape index (κ2) is 9.17. The summed E-state index contributed by atoms with van der Waals surface area (Å²) in [6.07, 6.45) is 2.77. The monoisotopic (exact) mass is 306 g/mol. The number of amides is 2. The molecule has 0 fully saturated rings. The Balaban J connectivity index is 2.37. The van der Waals surface area contributed by atoms with Crippen molar-refractivity contribution < 1.29 is 23.9 Å². The Hall–Kier alpha value is -2.83. The zero-order valence-electron chi connectivity index (χ0n) is 12.4. The minimum Gasteiger partial charge on any atom is -0.494 e. The molecule has 22 heavy (non-hydrogen) atoms. The lowest BCUT2D eigenvalue weighted by molar-refractivity contribution is -0.144. The molecule has 7 heteroatoms. The van der Waals surface area contributed by atoms with Crippen LogP contribution in [0.4, 0.5) is 0 Å². The first-order valence-electron chi connectivity index (χ1n) is 6.64. The van der Waals surface area contributed by atoms with E-state index in [4.69, 9.17) is 9.47 Å². The number of rotatable bonds is 6. The molecule has 0 radical (unpaired) electrons. The number of carbonyl (C=O) groups excluding carboxylic acids is 3.